The molecule has 32 heavy (non-hydrogen) atoms. The molecule has 0 aliphatic rings. The molecule has 1 heterocycles. The number of halogens is 1. The van der Waals surface area contributed by atoms with Gasteiger partial charge in [-0.05, 0) is 43.3 Å². The van der Waals surface area contributed by atoms with Gasteiger partial charge in [0.05, 0.1) is 11.4 Å². The Labute approximate surface area is 197 Å². The molecule has 1 aromatic heterocycles. The lowest BCUT2D eigenvalue weighted by molar-refractivity contribution is -0.132. The standard InChI is InChI=1S/C22H18ClN3O4S2/c1-13(21(29)30)10-19(27)24-16-6-8-17(9-7-16)31-12-20(28)26-22-25-18(11-32-22)14-2-4-15(23)5-3-14/h2-11H,12H2,1H3,(H,24,27)(H,29,30)(H,25,26,28)/b13-10-. The summed E-state index contributed by atoms with van der Waals surface area (Å²) in [7, 11) is 0. The molecule has 0 radical (unpaired) electrons. The lowest BCUT2D eigenvalue weighted by Crippen LogP contribution is -2.13. The highest BCUT2D eigenvalue weighted by Crippen LogP contribution is 2.26. The number of hydrogen-bond donors (Lipinski definition) is 3. The largest absolute Gasteiger partial charge is 0.478 e. The lowest BCUT2D eigenvalue weighted by atomic mass is 10.2. The first kappa shape index (κ1) is 23.5. The van der Waals surface area contributed by atoms with Crippen LogP contribution >= 0.6 is 34.7 Å². The van der Waals surface area contributed by atoms with Gasteiger partial charge in [-0.15, -0.1) is 23.1 Å². The van der Waals surface area contributed by atoms with Crippen LogP contribution in [0.5, 0.6) is 0 Å². The van der Waals surface area contributed by atoms with Gasteiger partial charge in [-0.1, -0.05) is 23.7 Å². The molecule has 3 aromatic rings. The topological polar surface area (TPSA) is 108 Å². The van der Waals surface area contributed by atoms with Gasteiger partial charge >= 0.3 is 5.97 Å². The molecular formula is C22H18ClN3O4S2. The first-order valence-corrected chi connectivity index (χ1v) is 11.5. The number of benzene rings is 2. The number of rotatable bonds is 8. The summed E-state index contributed by atoms with van der Waals surface area (Å²) in [4.78, 5) is 40.1. The predicted molar refractivity (Wildman–Crippen MR) is 128 cm³/mol. The highest BCUT2D eigenvalue weighted by Gasteiger charge is 2.09. The summed E-state index contributed by atoms with van der Waals surface area (Å²) >= 11 is 8.59. The normalized spacial score (nSPS) is 11.1. The van der Waals surface area contributed by atoms with E-state index in [0.717, 1.165) is 22.2 Å². The molecule has 2 aromatic carbocycles. The lowest BCUT2D eigenvalue weighted by Gasteiger charge is -2.05. The minimum atomic E-state index is -1.15. The van der Waals surface area contributed by atoms with Crippen LogP contribution in [0.2, 0.25) is 5.02 Å². The van der Waals surface area contributed by atoms with Gasteiger partial charge in [0.2, 0.25) is 11.8 Å². The summed E-state index contributed by atoms with van der Waals surface area (Å²) in [6.07, 6.45) is 1.02. The number of anilines is 2. The van der Waals surface area contributed by atoms with Gasteiger partial charge in [0.1, 0.15) is 0 Å². The van der Waals surface area contributed by atoms with E-state index in [1.165, 1.54) is 30.0 Å². The van der Waals surface area contributed by atoms with Gasteiger partial charge in [0.25, 0.3) is 0 Å². The van der Waals surface area contributed by atoms with Crippen molar-refractivity contribution in [1.82, 2.24) is 4.98 Å². The van der Waals surface area contributed by atoms with E-state index in [1.54, 1.807) is 36.4 Å². The quantitative estimate of drug-likeness (QED) is 0.299. The highest BCUT2D eigenvalue weighted by atomic mass is 35.5. The number of nitrogens with zero attached hydrogens (tertiary/aromatic N) is 1. The molecule has 2 amide bonds. The Balaban J connectivity index is 1.49. The fraction of sp³-hybridized carbons (Fsp3) is 0.0909. The number of thiazole rings is 1. The molecule has 0 spiro atoms. The van der Waals surface area contributed by atoms with Crippen LogP contribution in [-0.2, 0) is 14.4 Å². The number of hydrogen-bond acceptors (Lipinski definition) is 6. The average Bonchev–Trinajstić information content (AvgIpc) is 3.22. The van der Waals surface area contributed by atoms with E-state index in [0.29, 0.717) is 15.8 Å². The third kappa shape index (κ3) is 6.94. The Morgan fingerprint density at radius 1 is 1.09 bits per heavy atom. The summed E-state index contributed by atoms with van der Waals surface area (Å²) in [5.74, 6) is -1.66. The fourth-order valence-corrected chi connectivity index (χ4v) is 4.02. The molecule has 3 N–H and O–H groups in total. The van der Waals surface area contributed by atoms with Crippen molar-refractivity contribution in [2.45, 2.75) is 11.8 Å². The van der Waals surface area contributed by atoms with Crippen LogP contribution in [0.25, 0.3) is 11.3 Å². The second-order valence-corrected chi connectivity index (χ2v) is 8.87. The number of nitrogens with one attached hydrogen (secondary N) is 2. The van der Waals surface area contributed by atoms with E-state index < -0.39 is 11.9 Å². The zero-order chi connectivity index (χ0) is 23.1. The van der Waals surface area contributed by atoms with Crippen molar-refractivity contribution in [2.24, 2.45) is 0 Å². The van der Waals surface area contributed by atoms with Crippen LogP contribution in [0, 0.1) is 0 Å². The summed E-state index contributed by atoms with van der Waals surface area (Å²) in [6.45, 7) is 1.34. The van der Waals surface area contributed by atoms with Gasteiger partial charge in [0, 0.05) is 38.2 Å². The van der Waals surface area contributed by atoms with Crippen molar-refractivity contribution in [3.05, 3.63) is 70.6 Å². The zero-order valence-electron chi connectivity index (χ0n) is 16.8. The Morgan fingerprint density at radius 2 is 1.78 bits per heavy atom. The molecule has 0 saturated heterocycles. The zero-order valence-corrected chi connectivity index (χ0v) is 19.2. The van der Waals surface area contributed by atoms with E-state index >= 15 is 0 Å². The molecular weight excluding hydrogens is 470 g/mol. The fourth-order valence-electron chi connectivity index (χ4n) is 2.46. The van der Waals surface area contributed by atoms with Crippen molar-refractivity contribution in [3.63, 3.8) is 0 Å². The van der Waals surface area contributed by atoms with Crippen LogP contribution < -0.4 is 10.6 Å². The number of carbonyl (C=O) groups excluding carboxylic acids is 2. The van der Waals surface area contributed by atoms with Crippen molar-refractivity contribution in [3.8, 4) is 11.3 Å². The average molecular weight is 488 g/mol. The Kier molecular flexibility index (Phi) is 8.04. The Bertz CT molecular complexity index is 1160. The molecule has 3 rings (SSSR count). The number of aliphatic carboxylic acids is 1. The molecule has 0 atom stereocenters. The van der Waals surface area contributed by atoms with E-state index in [2.05, 4.69) is 15.6 Å². The molecule has 10 heteroatoms. The van der Waals surface area contributed by atoms with Gasteiger partial charge in [-0.25, -0.2) is 9.78 Å². The predicted octanol–water partition coefficient (Wildman–Crippen LogP) is 5.16. The molecule has 0 saturated carbocycles. The Morgan fingerprint density at radius 3 is 2.44 bits per heavy atom. The second-order valence-electron chi connectivity index (χ2n) is 6.53. The van der Waals surface area contributed by atoms with Crippen LogP contribution in [0.1, 0.15) is 6.92 Å². The number of carboxylic acid groups (broad SMARTS) is 1. The van der Waals surface area contributed by atoms with Crippen molar-refractivity contribution >= 4 is 63.3 Å². The molecule has 0 aliphatic heterocycles. The monoisotopic (exact) mass is 487 g/mol. The molecule has 0 aliphatic carbocycles. The maximum absolute atomic E-state index is 12.3. The molecule has 0 unspecified atom stereocenters. The Hall–Kier alpha value is -3.14. The number of carbonyl (C=O) groups is 3. The van der Waals surface area contributed by atoms with E-state index in [9.17, 15) is 14.4 Å². The van der Waals surface area contributed by atoms with E-state index in [4.69, 9.17) is 16.7 Å². The van der Waals surface area contributed by atoms with Crippen molar-refractivity contribution in [1.29, 1.82) is 0 Å². The summed E-state index contributed by atoms with van der Waals surface area (Å²) in [5.41, 5.74) is 2.15. The maximum Gasteiger partial charge on any atom is 0.331 e. The highest BCUT2D eigenvalue weighted by molar-refractivity contribution is 8.00. The third-order valence-electron chi connectivity index (χ3n) is 4.07. The minimum Gasteiger partial charge on any atom is -0.478 e. The minimum absolute atomic E-state index is 0.0544. The molecule has 7 nitrogen and oxygen atoms in total. The van der Waals surface area contributed by atoms with Crippen LogP contribution in [0.4, 0.5) is 10.8 Å². The maximum atomic E-state index is 12.3. The SMILES string of the molecule is C/C(=C/C(=O)Nc1ccc(SCC(=O)Nc2nc(-c3ccc(Cl)cc3)cs2)cc1)C(=O)O. The summed E-state index contributed by atoms with van der Waals surface area (Å²) in [6, 6.07) is 14.2. The number of thioether (sulfide) groups is 1. The summed E-state index contributed by atoms with van der Waals surface area (Å²) < 4.78 is 0. The van der Waals surface area contributed by atoms with Gasteiger partial charge < -0.3 is 15.7 Å². The number of amides is 2. The van der Waals surface area contributed by atoms with Gasteiger partial charge in [-0.2, -0.15) is 0 Å². The second kappa shape index (κ2) is 10.9. The molecule has 0 fully saturated rings. The van der Waals surface area contributed by atoms with Crippen LogP contribution in [-0.4, -0.2) is 33.6 Å². The first-order chi connectivity index (χ1) is 15.3. The number of aromatic nitrogens is 1. The van der Waals surface area contributed by atoms with Crippen molar-refractivity contribution < 1.29 is 19.5 Å². The van der Waals surface area contributed by atoms with Gasteiger partial charge in [-0.3, -0.25) is 9.59 Å². The van der Waals surface area contributed by atoms with E-state index in [1.807, 2.05) is 17.5 Å². The molecule has 164 valence electrons. The smallest absolute Gasteiger partial charge is 0.331 e. The van der Waals surface area contributed by atoms with Gasteiger partial charge in [0.15, 0.2) is 5.13 Å². The summed E-state index contributed by atoms with van der Waals surface area (Å²) in [5, 5.41) is 17.2. The van der Waals surface area contributed by atoms with E-state index in [-0.39, 0.29) is 17.2 Å². The first-order valence-electron chi connectivity index (χ1n) is 9.27. The van der Waals surface area contributed by atoms with Crippen molar-refractivity contribution in [2.75, 3.05) is 16.4 Å². The van der Waals surface area contributed by atoms with Crippen LogP contribution in [0.15, 0.2) is 70.5 Å². The third-order valence-corrected chi connectivity index (χ3v) is 6.09. The number of carboxylic acids is 1. The molecule has 0 bridgehead atoms. The van der Waals surface area contributed by atoms with Crippen LogP contribution in [0.3, 0.4) is 0 Å².